The summed E-state index contributed by atoms with van der Waals surface area (Å²) < 4.78 is 0. The largest absolute Gasteiger partial charge is 0.478 e. The topological polar surface area (TPSA) is 149 Å². The van der Waals surface area contributed by atoms with Crippen molar-refractivity contribution in [2.24, 2.45) is 0 Å². The molecule has 0 unspecified atom stereocenters. The van der Waals surface area contributed by atoms with E-state index in [4.69, 9.17) is 34.8 Å². The van der Waals surface area contributed by atoms with Crippen molar-refractivity contribution in [3.8, 4) is 0 Å². The zero-order valence-corrected chi connectivity index (χ0v) is 13.9. The van der Waals surface area contributed by atoms with Gasteiger partial charge in [-0.2, -0.15) is 0 Å². The van der Waals surface area contributed by atoms with Gasteiger partial charge in [0, 0.05) is 10.8 Å². The fourth-order valence-corrected chi connectivity index (χ4v) is 3.23. The first kappa shape index (κ1) is 18.8. The van der Waals surface area contributed by atoms with E-state index in [0.29, 0.717) is 0 Å². The fourth-order valence-electron chi connectivity index (χ4n) is 2.39. The van der Waals surface area contributed by atoms with E-state index in [1.165, 1.54) is 0 Å². The van der Waals surface area contributed by atoms with E-state index in [0.717, 1.165) is 6.07 Å². The number of carbonyl (C=O) groups is 4. The van der Waals surface area contributed by atoms with E-state index < -0.39 is 72.0 Å². The first-order chi connectivity index (χ1) is 11.5. The molecule has 4 N–H and O–H groups in total. The predicted molar refractivity (Wildman–Crippen MR) is 86.8 cm³/mol. The molecule has 11 heteroatoms. The highest BCUT2D eigenvalue weighted by Gasteiger charge is 2.32. The number of carboxylic acids is 4. The van der Waals surface area contributed by atoms with Crippen molar-refractivity contribution >= 4 is 69.5 Å². The molecule has 0 spiro atoms. The van der Waals surface area contributed by atoms with E-state index in [9.17, 15) is 39.6 Å². The van der Waals surface area contributed by atoms with E-state index in [-0.39, 0.29) is 0 Å². The summed E-state index contributed by atoms with van der Waals surface area (Å²) in [5.74, 6) is -6.92. The third-order valence-corrected chi connectivity index (χ3v) is 4.44. The summed E-state index contributed by atoms with van der Waals surface area (Å²) in [5, 5.41) is 34.2. The van der Waals surface area contributed by atoms with Crippen LogP contribution < -0.4 is 0 Å². The summed E-state index contributed by atoms with van der Waals surface area (Å²) >= 11 is 17.5. The van der Waals surface area contributed by atoms with Gasteiger partial charge in [0.2, 0.25) is 0 Å². The number of carboxylic acid groups (broad SMARTS) is 4. The van der Waals surface area contributed by atoms with Gasteiger partial charge in [0.15, 0.2) is 0 Å². The van der Waals surface area contributed by atoms with Crippen LogP contribution in [0.1, 0.15) is 41.4 Å². The minimum atomic E-state index is -1.76. The Bertz CT molecular complexity index is 996. The normalized spacial score (nSPS) is 10.7. The fraction of sp³-hybridized carbons (Fsp3) is 0. The zero-order chi connectivity index (χ0) is 19.2. The Hall–Kier alpha value is -2.55. The summed E-state index contributed by atoms with van der Waals surface area (Å²) in [6, 6.07) is 0.824. The van der Waals surface area contributed by atoms with Gasteiger partial charge in [-0.05, 0) is 6.07 Å². The summed E-state index contributed by atoms with van der Waals surface area (Å²) in [4.78, 5) is 45.8. The quantitative estimate of drug-likeness (QED) is 0.600. The predicted octanol–water partition coefficient (Wildman–Crippen LogP) is 3.59. The summed E-state index contributed by atoms with van der Waals surface area (Å²) in [5.41, 5.74) is -3.47. The van der Waals surface area contributed by atoms with Gasteiger partial charge in [0.05, 0.1) is 37.3 Å². The second kappa shape index (κ2) is 6.40. The van der Waals surface area contributed by atoms with Gasteiger partial charge in [0.25, 0.3) is 0 Å². The molecule has 25 heavy (non-hydrogen) atoms. The van der Waals surface area contributed by atoms with Crippen molar-refractivity contribution in [2.45, 2.75) is 0 Å². The van der Waals surface area contributed by atoms with Crippen molar-refractivity contribution in [3.05, 3.63) is 43.4 Å². The van der Waals surface area contributed by atoms with Crippen LogP contribution in [-0.4, -0.2) is 44.3 Å². The molecule has 0 saturated carbocycles. The summed E-state index contributed by atoms with van der Waals surface area (Å²) in [6.07, 6.45) is 0. The van der Waals surface area contributed by atoms with Crippen LogP contribution >= 0.6 is 34.8 Å². The van der Waals surface area contributed by atoms with Crippen LogP contribution in [-0.2, 0) is 0 Å². The summed E-state index contributed by atoms with van der Waals surface area (Å²) in [6.45, 7) is 0. The van der Waals surface area contributed by atoms with Crippen LogP contribution in [0.15, 0.2) is 6.07 Å². The van der Waals surface area contributed by atoms with Crippen LogP contribution in [0.4, 0.5) is 0 Å². The lowest BCUT2D eigenvalue weighted by molar-refractivity contribution is 0.0651. The first-order valence-electron chi connectivity index (χ1n) is 6.11. The highest BCUT2D eigenvalue weighted by molar-refractivity contribution is 6.49. The molecule has 2 aromatic carbocycles. The van der Waals surface area contributed by atoms with Crippen LogP contribution in [0, 0.1) is 0 Å². The molecule has 0 aliphatic carbocycles. The third-order valence-electron chi connectivity index (χ3n) is 3.29. The molecule has 0 radical (unpaired) electrons. The monoisotopic (exact) mass is 406 g/mol. The number of fused-ring (bicyclic) bond motifs is 1. The van der Waals surface area contributed by atoms with Crippen LogP contribution in [0.3, 0.4) is 0 Å². The molecule has 0 aliphatic rings. The van der Waals surface area contributed by atoms with Gasteiger partial charge < -0.3 is 20.4 Å². The number of hydrogen-bond donors (Lipinski definition) is 4. The minimum Gasteiger partial charge on any atom is -0.478 e. The maximum absolute atomic E-state index is 11.6. The third kappa shape index (κ3) is 2.84. The van der Waals surface area contributed by atoms with E-state index in [1.54, 1.807) is 0 Å². The lowest BCUT2D eigenvalue weighted by Gasteiger charge is -2.15. The molecule has 0 fully saturated rings. The standard InChI is InChI=1S/C14H5Cl3O8/c15-3-1-2-4(7(13(22)23)6(3)12(20)21)9(16)10(17)8(14(24)25)5(2)11(18)19/h1H,(H,18,19)(H,20,21)(H,22,23)(H,24,25). The molecule has 0 bridgehead atoms. The van der Waals surface area contributed by atoms with Gasteiger partial charge in [-0.15, -0.1) is 0 Å². The van der Waals surface area contributed by atoms with Crippen molar-refractivity contribution < 1.29 is 39.6 Å². The second-order valence-corrected chi connectivity index (χ2v) is 5.79. The highest BCUT2D eigenvalue weighted by Crippen LogP contribution is 2.42. The van der Waals surface area contributed by atoms with Gasteiger partial charge in [0.1, 0.15) is 0 Å². The van der Waals surface area contributed by atoms with E-state index in [2.05, 4.69) is 0 Å². The average molecular weight is 408 g/mol. The van der Waals surface area contributed by atoms with Gasteiger partial charge in [-0.25, -0.2) is 19.2 Å². The number of rotatable bonds is 4. The maximum atomic E-state index is 11.6. The molecular formula is C14H5Cl3O8. The van der Waals surface area contributed by atoms with Gasteiger partial charge in [-0.1, -0.05) is 34.8 Å². The maximum Gasteiger partial charge on any atom is 0.338 e. The number of benzene rings is 2. The van der Waals surface area contributed by atoms with Crippen molar-refractivity contribution in [3.63, 3.8) is 0 Å². The summed E-state index contributed by atoms with van der Waals surface area (Å²) in [7, 11) is 0. The minimum absolute atomic E-state index is 0.466. The highest BCUT2D eigenvalue weighted by atomic mass is 35.5. The van der Waals surface area contributed by atoms with Gasteiger partial charge in [-0.3, -0.25) is 0 Å². The lowest BCUT2D eigenvalue weighted by Crippen LogP contribution is -2.14. The molecule has 0 aromatic heterocycles. The Morgan fingerprint density at radius 1 is 0.640 bits per heavy atom. The Kier molecular flexibility index (Phi) is 4.81. The number of aromatic carboxylic acids is 4. The van der Waals surface area contributed by atoms with E-state index >= 15 is 0 Å². The Morgan fingerprint density at radius 2 is 1.08 bits per heavy atom. The Morgan fingerprint density at radius 3 is 1.48 bits per heavy atom. The van der Waals surface area contributed by atoms with Crippen molar-refractivity contribution in [2.75, 3.05) is 0 Å². The smallest absolute Gasteiger partial charge is 0.338 e. The number of hydrogen-bond acceptors (Lipinski definition) is 4. The van der Waals surface area contributed by atoms with Gasteiger partial charge >= 0.3 is 23.9 Å². The Balaban J connectivity index is 3.32. The Labute approximate surface area is 152 Å². The second-order valence-electron chi connectivity index (χ2n) is 4.63. The molecule has 0 amide bonds. The number of halogens is 3. The molecule has 2 aromatic rings. The zero-order valence-electron chi connectivity index (χ0n) is 11.6. The molecule has 0 atom stereocenters. The molecule has 0 saturated heterocycles. The van der Waals surface area contributed by atoms with Crippen molar-refractivity contribution in [1.29, 1.82) is 0 Å². The average Bonchev–Trinajstić information content (AvgIpc) is 2.47. The first-order valence-corrected chi connectivity index (χ1v) is 7.24. The van der Waals surface area contributed by atoms with Crippen molar-refractivity contribution in [1.82, 2.24) is 0 Å². The molecule has 0 heterocycles. The van der Waals surface area contributed by atoms with E-state index in [1.807, 2.05) is 0 Å². The van der Waals surface area contributed by atoms with Crippen LogP contribution in [0.5, 0.6) is 0 Å². The molecule has 2 rings (SSSR count). The molecule has 8 nitrogen and oxygen atoms in total. The lowest BCUT2D eigenvalue weighted by atomic mass is 9.92. The molecule has 0 aliphatic heterocycles. The SMILES string of the molecule is O=C(O)c1c(Cl)c(Cl)c2c(C(=O)O)c(C(=O)O)c(Cl)cc2c1C(=O)O. The molecule has 130 valence electrons. The van der Waals surface area contributed by atoms with Crippen LogP contribution in [0.25, 0.3) is 10.8 Å². The molecular weight excluding hydrogens is 403 g/mol. The van der Waals surface area contributed by atoms with Crippen LogP contribution in [0.2, 0.25) is 15.1 Å².